The van der Waals surface area contributed by atoms with Gasteiger partial charge in [0.1, 0.15) is 11.6 Å². The molecule has 2 aromatic rings. The highest BCUT2D eigenvalue weighted by atomic mass is 32.2. The molecule has 0 fully saturated rings. The number of aromatic nitrogens is 3. The van der Waals surface area contributed by atoms with Crippen LogP contribution in [-0.2, 0) is 41.6 Å². The first-order chi connectivity index (χ1) is 13.9. The first-order valence-corrected chi connectivity index (χ1v) is 11.7. The molecule has 1 aromatic carbocycles. The lowest BCUT2D eigenvalue weighted by molar-refractivity contribution is 0.596. The van der Waals surface area contributed by atoms with Crippen LogP contribution in [0.5, 0.6) is 0 Å². The van der Waals surface area contributed by atoms with Crippen molar-refractivity contribution in [3.05, 3.63) is 46.8 Å². The molecule has 0 unspecified atom stereocenters. The number of benzene rings is 1. The van der Waals surface area contributed by atoms with E-state index in [0.29, 0.717) is 23.6 Å². The summed E-state index contributed by atoms with van der Waals surface area (Å²) in [6.07, 6.45) is 5.56. The zero-order chi connectivity index (χ0) is 20.9. The van der Waals surface area contributed by atoms with Crippen molar-refractivity contribution in [1.82, 2.24) is 25.4 Å². The average Bonchev–Trinajstić information content (AvgIpc) is 2.89. The molecule has 0 spiro atoms. The van der Waals surface area contributed by atoms with E-state index < -0.39 is 15.7 Å². The van der Waals surface area contributed by atoms with Crippen LogP contribution in [0.1, 0.15) is 42.0 Å². The van der Waals surface area contributed by atoms with Crippen LogP contribution in [0, 0.1) is 5.82 Å². The van der Waals surface area contributed by atoms with Crippen molar-refractivity contribution in [1.29, 1.82) is 0 Å². The van der Waals surface area contributed by atoms with Crippen LogP contribution < -0.4 is 10.6 Å². The Kier molecular flexibility index (Phi) is 6.83. The van der Waals surface area contributed by atoms with E-state index in [4.69, 9.17) is 0 Å². The molecule has 0 amide bonds. The lowest BCUT2D eigenvalue weighted by Crippen LogP contribution is -2.37. The van der Waals surface area contributed by atoms with Gasteiger partial charge in [-0.2, -0.15) is 0 Å². The second-order valence-electron chi connectivity index (χ2n) is 7.26. The molecular weight excluding hydrogens is 395 g/mol. The van der Waals surface area contributed by atoms with Gasteiger partial charge in [0.2, 0.25) is 0 Å². The molecule has 0 atom stereocenters. The van der Waals surface area contributed by atoms with Crippen LogP contribution in [0.4, 0.5) is 4.39 Å². The van der Waals surface area contributed by atoms with Crippen LogP contribution in [-0.4, -0.2) is 42.4 Å². The number of rotatable bonds is 6. The zero-order valence-electron chi connectivity index (χ0n) is 16.8. The van der Waals surface area contributed by atoms with Crippen LogP contribution in [0.3, 0.4) is 0 Å². The molecule has 1 aliphatic heterocycles. The monoisotopic (exact) mass is 422 g/mol. The van der Waals surface area contributed by atoms with E-state index in [2.05, 4.69) is 30.4 Å². The van der Waals surface area contributed by atoms with Gasteiger partial charge in [-0.05, 0) is 36.1 Å². The smallest absolute Gasteiger partial charge is 0.191 e. The summed E-state index contributed by atoms with van der Waals surface area (Å²) in [5.41, 5.74) is 1.15. The molecule has 2 heterocycles. The highest BCUT2D eigenvalue weighted by Gasteiger charge is 2.15. The molecule has 1 aromatic heterocycles. The summed E-state index contributed by atoms with van der Waals surface area (Å²) in [5, 5.41) is 14.9. The molecule has 0 aliphatic carbocycles. The van der Waals surface area contributed by atoms with Gasteiger partial charge in [0, 0.05) is 32.8 Å². The Morgan fingerprint density at radius 2 is 1.97 bits per heavy atom. The van der Waals surface area contributed by atoms with Crippen molar-refractivity contribution in [3.63, 3.8) is 0 Å². The lowest BCUT2D eigenvalue weighted by atomic mass is 10.1. The van der Waals surface area contributed by atoms with Crippen LogP contribution in [0.2, 0.25) is 0 Å². The Morgan fingerprint density at radius 3 is 2.72 bits per heavy atom. The van der Waals surface area contributed by atoms with E-state index >= 15 is 0 Å². The molecule has 0 bridgehead atoms. The Balaban J connectivity index is 1.63. The van der Waals surface area contributed by atoms with Crippen molar-refractivity contribution in [2.45, 2.75) is 51.1 Å². The van der Waals surface area contributed by atoms with Gasteiger partial charge in [0.05, 0.1) is 12.3 Å². The Hall–Kier alpha value is -2.49. The number of hydrogen-bond acceptors (Lipinski definition) is 5. The van der Waals surface area contributed by atoms with E-state index in [9.17, 15) is 12.8 Å². The Bertz CT molecular complexity index is 987. The topological polar surface area (TPSA) is 101 Å². The quantitative estimate of drug-likeness (QED) is 0.541. The summed E-state index contributed by atoms with van der Waals surface area (Å²) in [5.74, 6) is 1.85. The van der Waals surface area contributed by atoms with E-state index in [1.807, 2.05) is 0 Å². The Morgan fingerprint density at radius 1 is 1.17 bits per heavy atom. The van der Waals surface area contributed by atoms with Crippen LogP contribution in [0.15, 0.2) is 23.2 Å². The molecule has 8 nitrogen and oxygen atoms in total. The first-order valence-electron chi connectivity index (χ1n) is 9.66. The first kappa shape index (κ1) is 21.2. The fourth-order valence-electron chi connectivity index (χ4n) is 3.42. The van der Waals surface area contributed by atoms with Crippen molar-refractivity contribution >= 4 is 15.8 Å². The third-order valence-corrected chi connectivity index (χ3v) is 5.69. The second-order valence-corrected chi connectivity index (χ2v) is 9.40. The van der Waals surface area contributed by atoms with Gasteiger partial charge >= 0.3 is 0 Å². The number of aliphatic imine (C=N–C) groups is 1. The second kappa shape index (κ2) is 9.34. The van der Waals surface area contributed by atoms with Crippen molar-refractivity contribution in [2.75, 3.05) is 13.3 Å². The molecule has 0 saturated carbocycles. The van der Waals surface area contributed by atoms with Crippen LogP contribution in [0.25, 0.3) is 0 Å². The highest BCUT2D eigenvalue weighted by molar-refractivity contribution is 7.89. The van der Waals surface area contributed by atoms with Crippen LogP contribution >= 0.6 is 0 Å². The van der Waals surface area contributed by atoms with Crippen molar-refractivity contribution in [3.8, 4) is 0 Å². The third-order valence-electron chi connectivity index (χ3n) is 4.86. The summed E-state index contributed by atoms with van der Waals surface area (Å²) in [6, 6.07) is 4.13. The summed E-state index contributed by atoms with van der Waals surface area (Å²) >= 11 is 0. The minimum atomic E-state index is -3.22. The van der Waals surface area contributed by atoms with Gasteiger partial charge in [0.15, 0.2) is 21.6 Å². The molecule has 2 N–H and O–H groups in total. The minimum Gasteiger partial charge on any atom is -0.352 e. The Labute approximate surface area is 170 Å². The van der Waals surface area contributed by atoms with Gasteiger partial charge < -0.3 is 15.2 Å². The van der Waals surface area contributed by atoms with Crippen molar-refractivity contribution < 1.29 is 12.8 Å². The largest absolute Gasteiger partial charge is 0.352 e. The third kappa shape index (κ3) is 5.99. The predicted octanol–water partition coefficient (Wildman–Crippen LogP) is 1.55. The molecule has 158 valence electrons. The van der Waals surface area contributed by atoms with Gasteiger partial charge in [-0.25, -0.2) is 12.8 Å². The number of nitrogens with zero attached hydrogens (tertiary/aromatic N) is 4. The summed E-state index contributed by atoms with van der Waals surface area (Å²) in [6.45, 7) is 1.63. The fraction of sp³-hybridized carbons (Fsp3) is 0.526. The van der Waals surface area contributed by atoms with Gasteiger partial charge in [-0.3, -0.25) is 4.99 Å². The maximum absolute atomic E-state index is 13.7. The van der Waals surface area contributed by atoms with E-state index in [1.54, 1.807) is 7.05 Å². The number of hydrogen-bond donors (Lipinski definition) is 2. The standard InChI is InChI=1S/C19H27FN6O2S/c1-21-19(23-12-18-25-24-17-6-4-3-5-9-26(17)18)22-11-15-10-16(20)8-7-14(15)13-29(2,27)28/h7-8,10H,3-6,9,11-13H2,1-2H3,(H2,21,22,23). The molecule has 0 saturated heterocycles. The maximum Gasteiger partial charge on any atom is 0.191 e. The maximum atomic E-state index is 13.7. The summed E-state index contributed by atoms with van der Waals surface area (Å²) in [4.78, 5) is 4.18. The number of guanidine groups is 1. The zero-order valence-corrected chi connectivity index (χ0v) is 17.6. The molecular formula is C19H27FN6O2S. The average molecular weight is 423 g/mol. The van der Waals surface area contributed by atoms with Gasteiger partial charge in [-0.15, -0.1) is 10.2 Å². The molecule has 10 heteroatoms. The molecule has 3 rings (SSSR count). The molecule has 0 radical (unpaired) electrons. The van der Waals surface area contributed by atoms with Crippen molar-refractivity contribution in [2.24, 2.45) is 4.99 Å². The van der Waals surface area contributed by atoms with Gasteiger partial charge in [-0.1, -0.05) is 12.5 Å². The molecule has 1 aliphatic rings. The van der Waals surface area contributed by atoms with E-state index in [0.717, 1.165) is 43.7 Å². The van der Waals surface area contributed by atoms with Gasteiger partial charge in [0.25, 0.3) is 0 Å². The number of halogens is 1. The number of nitrogens with one attached hydrogen (secondary N) is 2. The summed E-state index contributed by atoms with van der Waals surface area (Å²) < 4.78 is 39.1. The normalized spacial score (nSPS) is 14.9. The highest BCUT2D eigenvalue weighted by Crippen LogP contribution is 2.15. The fourth-order valence-corrected chi connectivity index (χ4v) is 4.27. The minimum absolute atomic E-state index is 0.137. The van der Waals surface area contributed by atoms with E-state index in [-0.39, 0.29) is 12.3 Å². The summed E-state index contributed by atoms with van der Waals surface area (Å²) in [7, 11) is -1.58. The number of fused-ring (bicyclic) bond motifs is 1. The van der Waals surface area contributed by atoms with E-state index in [1.165, 1.54) is 24.6 Å². The number of sulfone groups is 1. The molecule has 29 heavy (non-hydrogen) atoms. The lowest BCUT2D eigenvalue weighted by Gasteiger charge is -2.14. The number of aryl methyl sites for hydroxylation is 1. The SMILES string of the molecule is CN=C(NCc1cc(F)ccc1CS(C)(=O)=O)NCc1nnc2n1CCCCC2. The predicted molar refractivity (Wildman–Crippen MR) is 110 cm³/mol.